The van der Waals surface area contributed by atoms with Crippen molar-refractivity contribution < 1.29 is 13.9 Å². The second-order valence-corrected chi connectivity index (χ2v) is 4.13. The summed E-state index contributed by atoms with van der Waals surface area (Å²) in [5.41, 5.74) is 1.79. The zero-order valence-electron chi connectivity index (χ0n) is 10.9. The highest BCUT2D eigenvalue weighted by molar-refractivity contribution is 6.00. The topological polar surface area (TPSA) is 65.2 Å². The predicted molar refractivity (Wildman–Crippen MR) is 73.2 cm³/mol. The molecule has 0 aliphatic carbocycles. The van der Waals surface area contributed by atoms with Crippen molar-refractivity contribution >= 4 is 16.9 Å². The fourth-order valence-corrected chi connectivity index (χ4v) is 2.08. The Morgan fingerprint density at radius 3 is 2.95 bits per heavy atom. The van der Waals surface area contributed by atoms with Crippen molar-refractivity contribution in [2.75, 3.05) is 6.61 Å². The van der Waals surface area contributed by atoms with E-state index in [2.05, 4.69) is 9.97 Å². The van der Waals surface area contributed by atoms with Crippen molar-refractivity contribution in [3.63, 3.8) is 0 Å². The van der Waals surface area contributed by atoms with E-state index in [0.717, 1.165) is 16.5 Å². The van der Waals surface area contributed by atoms with Crippen LogP contribution in [0.5, 0.6) is 0 Å². The van der Waals surface area contributed by atoms with Gasteiger partial charge >= 0.3 is 5.97 Å². The molecule has 2 aromatic heterocycles. The standard InChI is InChI=1S/C15H12N2O3/c1-2-19-15(18)13-14(20-9-17-13)11-7-8-16-12-6-4-3-5-10(11)12/h3-9H,2H2,1H3. The molecule has 5 nitrogen and oxygen atoms in total. The molecule has 0 bridgehead atoms. The molecule has 0 atom stereocenters. The molecule has 0 aliphatic heterocycles. The van der Waals surface area contributed by atoms with Gasteiger partial charge in [0.1, 0.15) is 0 Å². The van der Waals surface area contributed by atoms with Crippen molar-refractivity contribution in [1.29, 1.82) is 0 Å². The van der Waals surface area contributed by atoms with E-state index in [9.17, 15) is 4.79 Å². The van der Waals surface area contributed by atoms with Crippen LogP contribution >= 0.6 is 0 Å². The molecule has 0 saturated heterocycles. The first-order chi connectivity index (χ1) is 9.81. The van der Waals surface area contributed by atoms with Gasteiger partial charge < -0.3 is 9.15 Å². The summed E-state index contributed by atoms with van der Waals surface area (Å²) in [6.07, 6.45) is 2.92. The number of fused-ring (bicyclic) bond motifs is 1. The van der Waals surface area contributed by atoms with Crippen LogP contribution in [0.2, 0.25) is 0 Å². The fraction of sp³-hybridized carbons (Fsp3) is 0.133. The molecule has 0 unspecified atom stereocenters. The summed E-state index contributed by atoms with van der Waals surface area (Å²) in [5.74, 6) is -0.0841. The summed E-state index contributed by atoms with van der Waals surface area (Å²) in [6, 6.07) is 9.44. The molecule has 0 spiro atoms. The number of para-hydroxylation sites is 1. The van der Waals surface area contributed by atoms with Crippen molar-refractivity contribution in [3.8, 4) is 11.3 Å². The zero-order chi connectivity index (χ0) is 13.9. The van der Waals surface area contributed by atoms with Gasteiger partial charge in [-0.2, -0.15) is 0 Å². The Morgan fingerprint density at radius 1 is 1.25 bits per heavy atom. The lowest BCUT2D eigenvalue weighted by atomic mass is 10.1. The van der Waals surface area contributed by atoms with Crippen molar-refractivity contribution in [2.45, 2.75) is 6.92 Å². The third-order valence-corrected chi connectivity index (χ3v) is 2.93. The lowest BCUT2D eigenvalue weighted by Crippen LogP contribution is -2.06. The fourth-order valence-electron chi connectivity index (χ4n) is 2.08. The van der Waals surface area contributed by atoms with Crippen LogP contribution in [0.4, 0.5) is 0 Å². The van der Waals surface area contributed by atoms with E-state index in [1.165, 1.54) is 6.39 Å². The van der Waals surface area contributed by atoms with Crippen LogP contribution in [-0.4, -0.2) is 22.5 Å². The molecule has 0 N–H and O–H groups in total. The lowest BCUT2D eigenvalue weighted by Gasteiger charge is -2.04. The van der Waals surface area contributed by atoms with Crippen LogP contribution in [0.25, 0.3) is 22.2 Å². The Morgan fingerprint density at radius 2 is 2.10 bits per heavy atom. The number of ether oxygens (including phenoxy) is 1. The van der Waals surface area contributed by atoms with Crippen LogP contribution in [0, 0.1) is 0 Å². The van der Waals surface area contributed by atoms with Crippen LogP contribution < -0.4 is 0 Å². The highest BCUT2D eigenvalue weighted by Crippen LogP contribution is 2.29. The first-order valence-electron chi connectivity index (χ1n) is 6.26. The van der Waals surface area contributed by atoms with Gasteiger partial charge in [-0.05, 0) is 19.1 Å². The Hall–Kier alpha value is -2.69. The number of carbonyl (C=O) groups excluding carboxylic acids is 1. The molecule has 20 heavy (non-hydrogen) atoms. The van der Waals surface area contributed by atoms with Gasteiger partial charge in [-0.1, -0.05) is 18.2 Å². The lowest BCUT2D eigenvalue weighted by molar-refractivity contribution is 0.0520. The second kappa shape index (κ2) is 5.13. The number of hydrogen-bond donors (Lipinski definition) is 0. The van der Waals surface area contributed by atoms with Gasteiger partial charge in [-0.3, -0.25) is 4.98 Å². The van der Waals surface area contributed by atoms with Gasteiger partial charge in [0.2, 0.25) is 0 Å². The molecular formula is C15H12N2O3. The number of pyridine rings is 1. The van der Waals surface area contributed by atoms with Gasteiger partial charge in [0.15, 0.2) is 17.8 Å². The minimum Gasteiger partial charge on any atom is -0.461 e. The normalized spacial score (nSPS) is 10.7. The summed E-state index contributed by atoms with van der Waals surface area (Å²) in [4.78, 5) is 20.1. The van der Waals surface area contributed by atoms with Crippen molar-refractivity contribution in [3.05, 3.63) is 48.6 Å². The van der Waals surface area contributed by atoms with E-state index in [1.807, 2.05) is 24.3 Å². The number of benzene rings is 1. The second-order valence-electron chi connectivity index (χ2n) is 4.13. The number of carbonyl (C=O) groups is 1. The minimum atomic E-state index is -0.489. The molecule has 1 aromatic carbocycles. The summed E-state index contributed by atoms with van der Waals surface area (Å²) in [5, 5.41) is 0.900. The SMILES string of the molecule is CCOC(=O)c1ncoc1-c1ccnc2ccccc12. The van der Waals surface area contributed by atoms with E-state index >= 15 is 0 Å². The van der Waals surface area contributed by atoms with Crippen LogP contribution in [0.3, 0.4) is 0 Å². The van der Waals surface area contributed by atoms with E-state index < -0.39 is 5.97 Å². The first-order valence-corrected chi connectivity index (χ1v) is 6.26. The van der Waals surface area contributed by atoms with E-state index in [4.69, 9.17) is 9.15 Å². The molecule has 0 amide bonds. The zero-order valence-corrected chi connectivity index (χ0v) is 10.9. The minimum absolute atomic E-state index is 0.184. The predicted octanol–water partition coefficient (Wildman–Crippen LogP) is 3.07. The van der Waals surface area contributed by atoms with Crippen LogP contribution in [0.1, 0.15) is 17.4 Å². The molecule has 5 heteroatoms. The Bertz CT molecular complexity index is 759. The van der Waals surface area contributed by atoms with E-state index in [0.29, 0.717) is 12.4 Å². The Balaban J connectivity index is 2.17. The van der Waals surface area contributed by atoms with Crippen LogP contribution in [-0.2, 0) is 4.74 Å². The smallest absolute Gasteiger partial charge is 0.360 e. The van der Waals surface area contributed by atoms with Crippen molar-refractivity contribution in [2.24, 2.45) is 0 Å². The number of rotatable bonds is 3. The molecule has 0 saturated carbocycles. The van der Waals surface area contributed by atoms with Gasteiger partial charge in [0.05, 0.1) is 12.1 Å². The third-order valence-electron chi connectivity index (χ3n) is 2.93. The van der Waals surface area contributed by atoms with Crippen LogP contribution in [0.15, 0.2) is 47.3 Å². The number of oxazole rings is 1. The summed E-state index contributed by atoms with van der Waals surface area (Å²) in [7, 11) is 0. The van der Waals surface area contributed by atoms with Crippen molar-refractivity contribution in [1.82, 2.24) is 9.97 Å². The summed E-state index contributed by atoms with van der Waals surface area (Å²) >= 11 is 0. The maximum Gasteiger partial charge on any atom is 0.360 e. The number of esters is 1. The quantitative estimate of drug-likeness (QED) is 0.683. The molecule has 2 heterocycles. The highest BCUT2D eigenvalue weighted by atomic mass is 16.5. The van der Waals surface area contributed by atoms with Gasteiger partial charge in [0.25, 0.3) is 0 Å². The van der Waals surface area contributed by atoms with Gasteiger partial charge in [-0.15, -0.1) is 0 Å². The largest absolute Gasteiger partial charge is 0.461 e. The molecule has 0 fully saturated rings. The maximum absolute atomic E-state index is 11.9. The van der Waals surface area contributed by atoms with E-state index in [-0.39, 0.29) is 5.69 Å². The average Bonchev–Trinajstić information content (AvgIpc) is 2.96. The average molecular weight is 268 g/mol. The first kappa shape index (κ1) is 12.3. The monoisotopic (exact) mass is 268 g/mol. The molecular weight excluding hydrogens is 256 g/mol. The van der Waals surface area contributed by atoms with Gasteiger partial charge in [0, 0.05) is 17.1 Å². The molecule has 3 rings (SSSR count). The number of nitrogens with zero attached hydrogens (tertiary/aromatic N) is 2. The number of hydrogen-bond acceptors (Lipinski definition) is 5. The highest BCUT2D eigenvalue weighted by Gasteiger charge is 2.20. The summed E-state index contributed by atoms with van der Waals surface area (Å²) < 4.78 is 10.4. The molecule has 0 radical (unpaired) electrons. The maximum atomic E-state index is 11.9. The molecule has 3 aromatic rings. The van der Waals surface area contributed by atoms with E-state index in [1.54, 1.807) is 19.2 Å². The Labute approximate surface area is 115 Å². The number of aromatic nitrogens is 2. The molecule has 0 aliphatic rings. The van der Waals surface area contributed by atoms with Gasteiger partial charge in [-0.25, -0.2) is 9.78 Å². The Kier molecular flexibility index (Phi) is 3.16. The summed E-state index contributed by atoms with van der Waals surface area (Å²) in [6.45, 7) is 2.04. The molecule has 100 valence electrons. The third kappa shape index (κ3) is 2.03.